The van der Waals surface area contributed by atoms with Crippen molar-refractivity contribution in [3.63, 3.8) is 0 Å². The molecule has 0 fully saturated rings. The van der Waals surface area contributed by atoms with Gasteiger partial charge in [0.25, 0.3) is 0 Å². The maximum Gasteiger partial charge on any atom is 0.248 e. The minimum Gasteiger partial charge on any atom is -0.367 e. The van der Waals surface area contributed by atoms with Crippen molar-refractivity contribution in [1.82, 2.24) is 0 Å². The predicted octanol–water partition coefficient (Wildman–Crippen LogP) is 2.58. The van der Waals surface area contributed by atoms with E-state index in [1.165, 1.54) is 0 Å². The SMILES string of the molecule is CCC(Cc1ccccc1)N1c2cccc(NCOC)c2C(=O)C1C(N)=O. The van der Waals surface area contributed by atoms with Crippen molar-refractivity contribution in [2.75, 3.05) is 24.1 Å². The van der Waals surface area contributed by atoms with Crippen molar-refractivity contribution in [3.8, 4) is 0 Å². The molecule has 3 N–H and O–H groups in total. The number of methoxy groups -OCH3 is 1. The second-order valence-corrected chi connectivity index (χ2v) is 6.64. The molecule has 0 bridgehead atoms. The molecule has 0 aliphatic carbocycles. The monoisotopic (exact) mass is 367 g/mol. The molecule has 1 heterocycles. The van der Waals surface area contributed by atoms with Crippen molar-refractivity contribution in [1.29, 1.82) is 0 Å². The summed E-state index contributed by atoms with van der Waals surface area (Å²) < 4.78 is 5.06. The standard InChI is InChI=1S/C21H25N3O3/c1-3-15(12-14-8-5-4-6-9-14)24-17-11-7-10-16(23-13-27-2)18(17)20(25)19(24)21(22)26/h4-11,15,19,23H,3,12-13H2,1-2H3,(H2,22,26). The number of primary amides is 1. The van der Waals surface area contributed by atoms with Gasteiger partial charge in [-0.2, -0.15) is 0 Å². The lowest BCUT2D eigenvalue weighted by atomic mass is 10.0. The molecular weight excluding hydrogens is 342 g/mol. The van der Waals surface area contributed by atoms with Gasteiger partial charge in [-0.15, -0.1) is 0 Å². The number of nitrogens with two attached hydrogens (primary N) is 1. The van der Waals surface area contributed by atoms with E-state index in [1.54, 1.807) is 7.11 Å². The molecule has 6 nitrogen and oxygen atoms in total. The highest BCUT2D eigenvalue weighted by molar-refractivity contribution is 6.24. The summed E-state index contributed by atoms with van der Waals surface area (Å²) in [4.78, 5) is 27.2. The number of nitrogens with one attached hydrogen (secondary N) is 1. The highest BCUT2D eigenvalue weighted by Crippen LogP contribution is 2.39. The molecule has 0 saturated carbocycles. The normalized spacial score (nSPS) is 16.9. The lowest BCUT2D eigenvalue weighted by molar-refractivity contribution is -0.118. The number of ether oxygens (including phenoxy) is 1. The number of anilines is 2. The van der Waals surface area contributed by atoms with Gasteiger partial charge in [-0.1, -0.05) is 43.3 Å². The van der Waals surface area contributed by atoms with Gasteiger partial charge in [0.1, 0.15) is 6.73 Å². The van der Waals surface area contributed by atoms with E-state index in [9.17, 15) is 9.59 Å². The Labute approximate surface area is 159 Å². The number of nitrogens with zero attached hydrogens (tertiary/aromatic N) is 1. The van der Waals surface area contributed by atoms with Gasteiger partial charge in [0.05, 0.1) is 11.3 Å². The number of Topliss-reactive ketones (excluding diaryl/α,β-unsaturated/α-hetero) is 1. The quantitative estimate of drug-likeness (QED) is 0.553. The van der Waals surface area contributed by atoms with Crippen LogP contribution in [0.1, 0.15) is 29.3 Å². The van der Waals surface area contributed by atoms with E-state index in [2.05, 4.69) is 24.4 Å². The Morgan fingerprint density at radius 1 is 1.22 bits per heavy atom. The van der Waals surface area contributed by atoms with E-state index in [1.807, 2.05) is 41.3 Å². The predicted molar refractivity (Wildman–Crippen MR) is 106 cm³/mol. The van der Waals surface area contributed by atoms with E-state index in [0.29, 0.717) is 11.3 Å². The van der Waals surface area contributed by atoms with Gasteiger partial charge in [0.2, 0.25) is 5.91 Å². The van der Waals surface area contributed by atoms with Crippen molar-refractivity contribution >= 4 is 23.1 Å². The first-order chi connectivity index (χ1) is 13.1. The van der Waals surface area contributed by atoms with Crippen LogP contribution in [0, 0.1) is 0 Å². The van der Waals surface area contributed by atoms with Crippen LogP contribution < -0.4 is 16.0 Å². The van der Waals surface area contributed by atoms with Gasteiger partial charge < -0.3 is 20.7 Å². The smallest absolute Gasteiger partial charge is 0.248 e. The number of fused-ring (bicyclic) bond motifs is 1. The zero-order chi connectivity index (χ0) is 19.4. The minimum absolute atomic E-state index is 0.0206. The largest absolute Gasteiger partial charge is 0.367 e. The Balaban J connectivity index is 2.02. The number of amides is 1. The summed E-state index contributed by atoms with van der Waals surface area (Å²) in [5.41, 5.74) is 8.71. The molecule has 1 aliphatic rings. The third-order valence-corrected chi connectivity index (χ3v) is 4.95. The summed E-state index contributed by atoms with van der Waals surface area (Å²) >= 11 is 0. The Kier molecular flexibility index (Phi) is 5.76. The average Bonchev–Trinajstić information content (AvgIpc) is 2.98. The second-order valence-electron chi connectivity index (χ2n) is 6.64. The number of hydrogen-bond acceptors (Lipinski definition) is 5. The number of hydrogen-bond donors (Lipinski definition) is 2. The Bertz CT molecular complexity index is 823. The first-order valence-corrected chi connectivity index (χ1v) is 9.10. The third kappa shape index (κ3) is 3.66. The molecule has 2 aromatic rings. The van der Waals surface area contributed by atoms with Crippen molar-refractivity contribution < 1.29 is 14.3 Å². The lowest BCUT2D eigenvalue weighted by Crippen LogP contribution is -2.51. The number of carbonyl (C=O) groups is 2. The molecular formula is C21H25N3O3. The molecule has 1 aliphatic heterocycles. The van der Waals surface area contributed by atoms with Crippen LogP contribution >= 0.6 is 0 Å². The molecule has 0 radical (unpaired) electrons. The molecule has 27 heavy (non-hydrogen) atoms. The third-order valence-electron chi connectivity index (χ3n) is 4.95. The van der Waals surface area contributed by atoms with Gasteiger partial charge >= 0.3 is 0 Å². The minimum atomic E-state index is -0.987. The molecule has 2 atom stereocenters. The average molecular weight is 367 g/mol. The zero-order valence-corrected chi connectivity index (χ0v) is 15.6. The first kappa shape index (κ1) is 18.9. The molecule has 3 rings (SSSR count). The van der Waals surface area contributed by atoms with E-state index in [4.69, 9.17) is 10.5 Å². The van der Waals surface area contributed by atoms with E-state index >= 15 is 0 Å². The summed E-state index contributed by atoms with van der Waals surface area (Å²) in [6.45, 7) is 2.33. The fourth-order valence-corrected chi connectivity index (χ4v) is 3.71. The van der Waals surface area contributed by atoms with Crippen LogP contribution in [-0.2, 0) is 16.0 Å². The summed E-state index contributed by atoms with van der Waals surface area (Å²) in [7, 11) is 1.57. The molecule has 2 unspecified atom stereocenters. The van der Waals surface area contributed by atoms with E-state index in [0.717, 1.165) is 24.1 Å². The second kappa shape index (κ2) is 8.22. The zero-order valence-electron chi connectivity index (χ0n) is 15.6. The van der Waals surface area contributed by atoms with E-state index < -0.39 is 11.9 Å². The van der Waals surface area contributed by atoms with Crippen LogP contribution in [-0.4, -0.2) is 37.6 Å². The number of carbonyl (C=O) groups excluding carboxylic acids is 2. The van der Waals surface area contributed by atoms with Crippen molar-refractivity contribution in [2.24, 2.45) is 5.73 Å². The van der Waals surface area contributed by atoms with Crippen LogP contribution in [0.2, 0.25) is 0 Å². The molecule has 0 spiro atoms. The van der Waals surface area contributed by atoms with Crippen LogP contribution in [0.25, 0.3) is 0 Å². The van der Waals surface area contributed by atoms with Gasteiger partial charge in [-0.05, 0) is 30.5 Å². The summed E-state index contributed by atoms with van der Waals surface area (Å²) in [6.07, 6.45) is 1.50. The van der Waals surface area contributed by atoms with Crippen LogP contribution in [0.15, 0.2) is 48.5 Å². The van der Waals surface area contributed by atoms with Gasteiger partial charge in [-0.3, -0.25) is 9.59 Å². The van der Waals surface area contributed by atoms with Crippen LogP contribution in [0.3, 0.4) is 0 Å². The van der Waals surface area contributed by atoms with Crippen molar-refractivity contribution in [2.45, 2.75) is 31.8 Å². The summed E-state index contributed by atoms with van der Waals surface area (Å²) in [6, 6.07) is 14.6. The van der Waals surface area contributed by atoms with Gasteiger partial charge in [0.15, 0.2) is 11.8 Å². The molecule has 0 saturated heterocycles. The molecule has 2 aromatic carbocycles. The molecule has 142 valence electrons. The summed E-state index contributed by atoms with van der Waals surface area (Å²) in [5.74, 6) is -0.886. The number of benzene rings is 2. The highest BCUT2D eigenvalue weighted by atomic mass is 16.5. The Morgan fingerprint density at radius 2 is 1.96 bits per heavy atom. The Morgan fingerprint density at radius 3 is 2.59 bits per heavy atom. The van der Waals surface area contributed by atoms with E-state index in [-0.39, 0.29) is 18.6 Å². The molecule has 0 aromatic heterocycles. The van der Waals surface area contributed by atoms with Crippen LogP contribution in [0.5, 0.6) is 0 Å². The van der Waals surface area contributed by atoms with Gasteiger partial charge in [-0.25, -0.2) is 0 Å². The fraction of sp³-hybridized carbons (Fsp3) is 0.333. The topological polar surface area (TPSA) is 84.7 Å². The lowest BCUT2D eigenvalue weighted by Gasteiger charge is -2.33. The first-order valence-electron chi connectivity index (χ1n) is 9.10. The molecule has 6 heteroatoms. The van der Waals surface area contributed by atoms with Crippen LogP contribution in [0.4, 0.5) is 11.4 Å². The maximum absolute atomic E-state index is 13.1. The highest BCUT2D eigenvalue weighted by Gasteiger charge is 2.44. The number of rotatable bonds is 8. The molecule has 1 amide bonds. The fourth-order valence-electron chi connectivity index (χ4n) is 3.71. The number of ketones is 1. The van der Waals surface area contributed by atoms with Gasteiger partial charge in [0, 0.05) is 18.8 Å². The van der Waals surface area contributed by atoms with Crippen molar-refractivity contribution in [3.05, 3.63) is 59.7 Å². The maximum atomic E-state index is 13.1. The Hall–Kier alpha value is -2.86. The summed E-state index contributed by atoms with van der Waals surface area (Å²) in [5, 5.41) is 3.09.